The largest absolute Gasteiger partial charge is 0.478 e. The van der Waals surface area contributed by atoms with Crippen LogP contribution in [0, 0.1) is 0 Å². The highest BCUT2D eigenvalue weighted by atomic mass is 16.6. The molecule has 7 heteroatoms. The quantitative estimate of drug-likeness (QED) is 0.794. The van der Waals surface area contributed by atoms with Gasteiger partial charge in [-0.2, -0.15) is 0 Å². The minimum absolute atomic E-state index is 0.292. The molecule has 1 aromatic carbocycles. The third-order valence-corrected chi connectivity index (χ3v) is 2.66. The van der Waals surface area contributed by atoms with Crippen LogP contribution in [0.4, 0.5) is 4.79 Å². The summed E-state index contributed by atoms with van der Waals surface area (Å²) in [5, 5.41) is 12.1. The second-order valence-corrected chi connectivity index (χ2v) is 5.93. The number of carboxylic acid groups (broad SMARTS) is 1. The summed E-state index contributed by atoms with van der Waals surface area (Å²) in [6.07, 6.45) is 1.27. The number of nitrogens with two attached hydrogens (primary N) is 1. The van der Waals surface area contributed by atoms with Crippen LogP contribution >= 0.6 is 0 Å². The average molecular weight is 333 g/mol. The number of pyridine rings is 1. The fourth-order valence-electron chi connectivity index (χ4n) is 1.70. The Bertz CT molecular complexity index is 696. The summed E-state index contributed by atoms with van der Waals surface area (Å²) in [4.78, 5) is 25.5. The van der Waals surface area contributed by atoms with E-state index in [1.54, 1.807) is 30.5 Å². The number of carbonyl (C=O) groups is 2. The summed E-state index contributed by atoms with van der Waals surface area (Å²) >= 11 is 0. The summed E-state index contributed by atoms with van der Waals surface area (Å²) in [7, 11) is 0. The molecule has 2 aromatic rings. The zero-order valence-corrected chi connectivity index (χ0v) is 14.1. The molecule has 1 amide bonds. The van der Waals surface area contributed by atoms with Crippen LogP contribution in [-0.2, 0) is 4.74 Å². The van der Waals surface area contributed by atoms with E-state index in [2.05, 4.69) is 10.3 Å². The molecule has 7 nitrogen and oxygen atoms in total. The van der Waals surface area contributed by atoms with E-state index in [0.717, 1.165) is 10.9 Å². The number of hydrogen-bond acceptors (Lipinski definition) is 5. The third kappa shape index (κ3) is 7.06. The number of aromatic nitrogens is 1. The predicted octanol–water partition coefficient (Wildman–Crippen LogP) is 2.40. The Morgan fingerprint density at radius 2 is 2.00 bits per heavy atom. The van der Waals surface area contributed by atoms with Crippen molar-refractivity contribution in [2.24, 2.45) is 5.73 Å². The summed E-state index contributed by atoms with van der Waals surface area (Å²) in [5.41, 5.74) is 5.84. The minimum atomic E-state index is -0.911. The third-order valence-electron chi connectivity index (χ3n) is 2.66. The molecular formula is C17H23N3O4. The van der Waals surface area contributed by atoms with Crippen LogP contribution in [0.2, 0.25) is 0 Å². The van der Waals surface area contributed by atoms with Crippen LogP contribution in [0.3, 0.4) is 0 Å². The lowest BCUT2D eigenvalue weighted by Crippen LogP contribution is -2.35. The SMILES string of the molecule is CC(C)(C)OC(=O)NCCN.O=C(O)c1ccc2ncccc2c1. The van der Waals surface area contributed by atoms with Crippen LogP contribution in [0.15, 0.2) is 36.5 Å². The van der Waals surface area contributed by atoms with E-state index in [9.17, 15) is 9.59 Å². The molecule has 24 heavy (non-hydrogen) atoms. The first kappa shape index (κ1) is 19.4. The summed E-state index contributed by atoms with van der Waals surface area (Å²) in [6, 6.07) is 8.50. The van der Waals surface area contributed by atoms with Gasteiger partial charge < -0.3 is 20.9 Å². The standard InChI is InChI=1S/C10H7NO2.C7H16N2O2/c12-10(13)8-3-4-9-7(6-8)2-1-5-11-9;1-7(2,3)11-6(10)9-5-4-8/h1-6H,(H,12,13);4-5,8H2,1-3H3,(H,9,10). The van der Waals surface area contributed by atoms with Gasteiger partial charge in [-0.05, 0) is 45.0 Å². The van der Waals surface area contributed by atoms with Crippen molar-refractivity contribution in [3.8, 4) is 0 Å². The second kappa shape index (κ2) is 8.83. The molecule has 0 saturated heterocycles. The number of alkyl carbamates (subject to hydrolysis) is 1. The Kier molecular flexibility index (Phi) is 7.13. The molecule has 0 fully saturated rings. The first-order valence-electron chi connectivity index (χ1n) is 7.48. The number of ether oxygens (including phenoxy) is 1. The van der Waals surface area contributed by atoms with Gasteiger partial charge in [0.2, 0.25) is 0 Å². The van der Waals surface area contributed by atoms with E-state index in [1.165, 1.54) is 0 Å². The molecule has 0 atom stereocenters. The lowest BCUT2D eigenvalue weighted by atomic mass is 10.1. The Hall–Kier alpha value is -2.67. The smallest absolute Gasteiger partial charge is 0.407 e. The van der Waals surface area contributed by atoms with Crippen LogP contribution in [0.5, 0.6) is 0 Å². The molecule has 0 aliphatic rings. The van der Waals surface area contributed by atoms with Crippen molar-refractivity contribution in [1.82, 2.24) is 10.3 Å². The molecule has 1 heterocycles. The van der Waals surface area contributed by atoms with Gasteiger partial charge in [-0.3, -0.25) is 4.98 Å². The number of amides is 1. The molecule has 2 rings (SSSR count). The second-order valence-electron chi connectivity index (χ2n) is 5.93. The maximum Gasteiger partial charge on any atom is 0.407 e. The topological polar surface area (TPSA) is 115 Å². The maximum absolute atomic E-state index is 10.8. The van der Waals surface area contributed by atoms with E-state index in [-0.39, 0.29) is 0 Å². The number of hydrogen-bond donors (Lipinski definition) is 3. The Morgan fingerprint density at radius 1 is 1.29 bits per heavy atom. The minimum Gasteiger partial charge on any atom is -0.478 e. The van der Waals surface area contributed by atoms with E-state index >= 15 is 0 Å². The maximum atomic E-state index is 10.8. The molecule has 1 aromatic heterocycles. The predicted molar refractivity (Wildman–Crippen MR) is 92.0 cm³/mol. The van der Waals surface area contributed by atoms with Gasteiger partial charge in [0.25, 0.3) is 0 Å². The van der Waals surface area contributed by atoms with Crippen molar-refractivity contribution in [3.05, 3.63) is 42.1 Å². The lowest BCUT2D eigenvalue weighted by Gasteiger charge is -2.19. The summed E-state index contributed by atoms with van der Waals surface area (Å²) in [6.45, 7) is 6.33. The van der Waals surface area contributed by atoms with E-state index < -0.39 is 17.7 Å². The number of nitrogens with one attached hydrogen (secondary N) is 1. The highest BCUT2D eigenvalue weighted by molar-refractivity contribution is 5.93. The number of aromatic carboxylic acids is 1. The molecular weight excluding hydrogens is 310 g/mol. The van der Waals surface area contributed by atoms with Gasteiger partial charge in [-0.15, -0.1) is 0 Å². The van der Waals surface area contributed by atoms with Gasteiger partial charge in [0, 0.05) is 24.7 Å². The zero-order valence-electron chi connectivity index (χ0n) is 14.1. The molecule has 0 unspecified atom stereocenters. The van der Waals surface area contributed by atoms with Gasteiger partial charge in [0.05, 0.1) is 11.1 Å². The number of fused-ring (bicyclic) bond motifs is 1. The van der Waals surface area contributed by atoms with Crippen molar-refractivity contribution < 1.29 is 19.4 Å². The zero-order chi connectivity index (χ0) is 18.2. The van der Waals surface area contributed by atoms with E-state index in [4.69, 9.17) is 15.6 Å². The van der Waals surface area contributed by atoms with Crippen LogP contribution in [0.1, 0.15) is 31.1 Å². The van der Waals surface area contributed by atoms with Gasteiger partial charge >= 0.3 is 12.1 Å². The molecule has 0 aliphatic heterocycles. The molecule has 4 N–H and O–H groups in total. The normalized spacial score (nSPS) is 10.5. The Labute approximate surface area is 140 Å². The fraction of sp³-hybridized carbons (Fsp3) is 0.353. The number of carboxylic acids is 1. The van der Waals surface area contributed by atoms with Gasteiger partial charge in [-0.1, -0.05) is 6.07 Å². The summed E-state index contributed by atoms with van der Waals surface area (Å²) < 4.78 is 4.93. The van der Waals surface area contributed by atoms with E-state index in [0.29, 0.717) is 18.7 Å². The van der Waals surface area contributed by atoms with Crippen molar-refractivity contribution in [2.75, 3.05) is 13.1 Å². The molecule has 0 aliphatic carbocycles. The van der Waals surface area contributed by atoms with Gasteiger partial charge in [0.1, 0.15) is 5.60 Å². The number of nitrogens with zero attached hydrogens (tertiary/aromatic N) is 1. The molecule has 0 spiro atoms. The first-order valence-corrected chi connectivity index (χ1v) is 7.48. The van der Waals surface area contributed by atoms with Crippen molar-refractivity contribution in [3.63, 3.8) is 0 Å². The number of rotatable bonds is 3. The monoisotopic (exact) mass is 333 g/mol. The number of benzene rings is 1. The van der Waals surface area contributed by atoms with Gasteiger partial charge in [-0.25, -0.2) is 9.59 Å². The molecule has 0 saturated carbocycles. The Balaban J connectivity index is 0.000000245. The summed E-state index contributed by atoms with van der Waals surface area (Å²) in [5.74, 6) is -0.911. The molecule has 0 radical (unpaired) electrons. The van der Waals surface area contributed by atoms with Crippen LogP contribution < -0.4 is 11.1 Å². The highest BCUT2D eigenvalue weighted by Crippen LogP contribution is 2.12. The van der Waals surface area contributed by atoms with Crippen molar-refractivity contribution in [2.45, 2.75) is 26.4 Å². The van der Waals surface area contributed by atoms with Crippen LogP contribution in [0.25, 0.3) is 10.9 Å². The fourth-order valence-corrected chi connectivity index (χ4v) is 1.70. The molecule has 130 valence electrons. The lowest BCUT2D eigenvalue weighted by molar-refractivity contribution is 0.0528. The van der Waals surface area contributed by atoms with Crippen LogP contribution in [-0.4, -0.2) is 40.8 Å². The van der Waals surface area contributed by atoms with Gasteiger partial charge in [0.15, 0.2) is 0 Å². The van der Waals surface area contributed by atoms with Crippen molar-refractivity contribution in [1.29, 1.82) is 0 Å². The van der Waals surface area contributed by atoms with E-state index in [1.807, 2.05) is 26.8 Å². The molecule has 0 bridgehead atoms. The highest BCUT2D eigenvalue weighted by Gasteiger charge is 2.14. The Morgan fingerprint density at radius 3 is 2.58 bits per heavy atom. The number of carbonyl (C=O) groups excluding carboxylic acids is 1. The van der Waals surface area contributed by atoms with Crippen molar-refractivity contribution >= 4 is 23.0 Å². The average Bonchev–Trinajstić information content (AvgIpc) is 2.51. The first-order chi connectivity index (χ1) is 11.2.